The van der Waals surface area contributed by atoms with Gasteiger partial charge in [0.15, 0.2) is 6.10 Å². The Bertz CT molecular complexity index is 663. The normalized spacial score (nSPS) is 18.6. The van der Waals surface area contributed by atoms with E-state index in [4.69, 9.17) is 9.47 Å². The van der Waals surface area contributed by atoms with Gasteiger partial charge in [0.05, 0.1) is 12.2 Å². The van der Waals surface area contributed by atoms with Crippen LogP contribution in [0.5, 0.6) is 5.75 Å². The average Bonchev–Trinajstić information content (AvgIpc) is 2.96. The van der Waals surface area contributed by atoms with E-state index in [2.05, 4.69) is 4.98 Å². The Morgan fingerprint density at radius 1 is 1.43 bits per heavy atom. The standard InChI is InChI=1S/C16H20N2O3/c1-10(2)18-8-12(21-16(18)19)9-20-15-11(3)17-14-7-5-4-6-13(14)15/h4-7,10,12,17H,8-9H2,1-3H3. The lowest BCUT2D eigenvalue weighted by atomic mass is 10.2. The van der Waals surface area contributed by atoms with Crippen molar-refractivity contribution in [2.24, 2.45) is 0 Å². The SMILES string of the molecule is Cc1[nH]c2ccccc2c1OCC1CN(C(C)C)C(=O)O1. The highest BCUT2D eigenvalue weighted by Gasteiger charge is 2.33. The summed E-state index contributed by atoms with van der Waals surface area (Å²) in [5, 5.41) is 1.06. The van der Waals surface area contributed by atoms with Crippen LogP contribution in [-0.2, 0) is 4.74 Å². The van der Waals surface area contributed by atoms with Crippen molar-refractivity contribution in [2.45, 2.75) is 32.9 Å². The van der Waals surface area contributed by atoms with E-state index in [0.717, 1.165) is 22.3 Å². The number of hydrogen-bond donors (Lipinski definition) is 1. The summed E-state index contributed by atoms with van der Waals surface area (Å²) in [6, 6.07) is 8.16. The molecular formula is C16H20N2O3. The smallest absolute Gasteiger partial charge is 0.410 e. The van der Waals surface area contributed by atoms with Gasteiger partial charge in [0.2, 0.25) is 0 Å². The molecule has 1 saturated heterocycles. The van der Waals surface area contributed by atoms with Crippen LogP contribution < -0.4 is 4.74 Å². The maximum absolute atomic E-state index is 11.7. The molecule has 0 saturated carbocycles. The zero-order valence-corrected chi connectivity index (χ0v) is 12.6. The van der Waals surface area contributed by atoms with Crippen LogP contribution in [0.3, 0.4) is 0 Å². The molecule has 0 spiro atoms. The molecule has 1 aliphatic rings. The number of para-hydroxylation sites is 1. The maximum Gasteiger partial charge on any atom is 0.410 e. The van der Waals surface area contributed by atoms with Crippen LogP contribution in [0.25, 0.3) is 10.9 Å². The number of H-pyrrole nitrogens is 1. The lowest BCUT2D eigenvalue weighted by molar-refractivity contribution is 0.102. The Morgan fingerprint density at radius 2 is 2.19 bits per heavy atom. The summed E-state index contributed by atoms with van der Waals surface area (Å²) in [5.74, 6) is 0.838. The van der Waals surface area contributed by atoms with Gasteiger partial charge in [0.25, 0.3) is 0 Å². The molecule has 3 rings (SSSR count). The first-order chi connectivity index (χ1) is 10.1. The van der Waals surface area contributed by atoms with E-state index in [1.807, 2.05) is 45.0 Å². The molecule has 1 atom stereocenters. The number of carbonyl (C=O) groups excluding carboxylic acids is 1. The fourth-order valence-corrected chi connectivity index (χ4v) is 2.66. The van der Waals surface area contributed by atoms with Gasteiger partial charge >= 0.3 is 6.09 Å². The monoisotopic (exact) mass is 288 g/mol. The number of fused-ring (bicyclic) bond motifs is 1. The quantitative estimate of drug-likeness (QED) is 0.940. The van der Waals surface area contributed by atoms with E-state index in [1.165, 1.54) is 0 Å². The molecule has 5 heteroatoms. The first-order valence-electron chi connectivity index (χ1n) is 7.23. The highest BCUT2D eigenvalue weighted by molar-refractivity contribution is 5.87. The molecule has 1 aromatic heterocycles. The number of benzene rings is 1. The van der Waals surface area contributed by atoms with Crippen LogP contribution in [0.15, 0.2) is 24.3 Å². The predicted octanol–water partition coefficient (Wildman–Crippen LogP) is 3.08. The third-order valence-corrected chi connectivity index (χ3v) is 3.77. The van der Waals surface area contributed by atoms with Crippen molar-refractivity contribution < 1.29 is 14.3 Å². The number of cyclic esters (lactones) is 1. The van der Waals surface area contributed by atoms with Crippen molar-refractivity contribution in [3.63, 3.8) is 0 Å². The summed E-state index contributed by atoms with van der Waals surface area (Å²) < 4.78 is 11.3. The molecule has 112 valence electrons. The second kappa shape index (κ2) is 5.31. The first kappa shape index (κ1) is 13.8. The second-order valence-corrected chi connectivity index (χ2v) is 5.69. The van der Waals surface area contributed by atoms with Crippen molar-refractivity contribution in [3.05, 3.63) is 30.0 Å². The third-order valence-electron chi connectivity index (χ3n) is 3.77. The molecule has 1 N–H and O–H groups in total. The molecule has 5 nitrogen and oxygen atoms in total. The molecule has 1 aliphatic heterocycles. The topological polar surface area (TPSA) is 54.6 Å². The third kappa shape index (κ3) is 2.55. The highest BCUT2D eigenvalue weighted by Crippen LogP contribution is 2.29. The summed E-state index contributed by atoms with van der Waals surface area (Å²) in [7, 11) is 0. The Balaban J connectivity index is 1.70. The van der Waals surface area contributed by atoms with Gasteiger partial charge in [-0.25, -0.2) is 4.79 Å². The number of ether oxygens (including phenoxy) is 2. The molecule has 21 heavy (non-hydrogen) atoms. The van der Waals surface area contributed by atoms with Crippen molar-refractivity contribution >= 4 is 17.0 Å². The lowest BCUT2D eigenvalue weighted by Crippen LogP contribution is -2.32. The fourth-order valence-electron chi connectivity index (χ4n) is 2.66. The van der Waals surface area contributed by atoms with Gasteiger partial charge in [-0.2, -0.15) is 0 Å². The zero-order valence-electron chi connectivity index (χ0n) is 12.6. The van der Waals surface area contributed by atoms with Gasteiger partial charge in [0, 0.05) is 16.9 Å². The number of aryl methyl sites for hydroxylation is 1. The molecule has 1 fully saturated rings. The fraction of sp³-hybridized carbons (Fsp3) is 0.438. The molecule has 2 heterocycles. The minimum Gasteiger partial charge on any atom is -0.487 e. The molecule has 1 amide bonds. The van der Waals surface area contributed by atoms with Crippen LogP contribution in [0, 0.1) is 6.92 Å². The summed E-state index contributed by atoms with van der Waals surface area (Å²) >= 11 is 0. The second-order valence-electron chi connectivity index (χ2n) is 5.69. The summed E-state index contributed by atoms with van der Waals surface area (Å²) in [6.45, 7) is 6.90. The molecule has 2 aromatic rings. The van der Waals surface area contributed by atoms with Gasteiger partial charge in [-0.3, -0.25) is 0 Å². The molecule has 1 unspecified atom stereocenters. The molecule has 0 aliphatic carbocycles. The van der Waals surface area contributed by atoms with Crippen molar-refractivity contribution in [3.8, 4) is 5.75 Å². The Morgan fingerprint density at radius 3 is 2.90 bits per heavy atom. The van der Waals surface area contributed by atoms with Crippen LogP contribution in [-0.4, -0.2) is 41.3 Å². The number of nitrogens with one attached hydrogen (secondary N) is 1. The Kier molecular flexibility index (Phi) is 3.49. The number of aromatic amines is 1. The minimum absolute atomic E-state index is 0.150. The van der Waals surface area contributed by atoms with E-state index >= 15 is 0 Å². The highest BCUT2D eigenvalue weighted by atomic mass is 16.6. The number of rotatable bonds is 4. The number of hydrogen-bond acceptors (Lipinski definition) is 3. The largest absolute Gasteiger partial charge is 0.487 e. The minimum atomic E-state index is -0.255. The van der Waals surface area contributed by atoms with E-state index in [0.29, 0.717) is 13.2 Å². The number of nitrogens with zero attached hydrogens (tertiary/aromatic N) is 1. The van der Waals surface area contributed by atoms with E-state index in [9.17, 15) is 4.79 Å². The average molecular weight is 288 g/mol. The Labute approximate surface area is 123 Å². The van der Waals surface area contributed by atoms with Crippen LogP contribution in [0.2, 0.25) is 0 Å². The summed E-state index contributed by atoms with van der Waals surface area (Å²) in [6.07, 6.45) is -0.470. The molecule has 1 aromatic carbocycles. The van der Waals surface area contributed by atoms with Crippen molar-refractivity contribution in [2.75, 3.05) is 13.2 Å². The predicted molar refractivity (Wildman–Crippen MR) is 80.6 cm³/mol. The number of amides is 1. The van der Waals surface area contributed by atoms with Gasteiger partial charge in [-0.15, -0.1) is 0 Å². The first-order valence-corrected chi connectivity index (χ1v) is 7.23. The molecular weight excluding hydrogens is 268 g/mol. The van der Waals surface area contributed by atoms with Crippen LogP contribution in [0.1, 0.15) is 19.5 Å². The Hall–Kier alpha value is -2.17. The maximum atomic E-state index is 11.7. The number of aromatic nitrogens is 1. The zero-order chi connectivity index (χ0) is 15.0. The summed E-state index contributed by atoms with van der Waals surface area (Å²) in [4.78, 5) is 16.7. The number of carbonyl (C=O) groups is 1. The van der Waals surface area contributed by atoms with Crippen LogP contribution >= 0.6 is 0 Å². The summed E-state index contributed by atoms with van der Waals surface area (Å²) in [5.41, 5.74) is 2.04. The van der Waals surface area contributed by atoms with E-state index in [-0.39, 0.29) is 18.2 Å². The van der Waals surface area contributed by atoms with Crippen molar-refractivity contribution in [1.29, 1.82) is 0 Å². The van der Waals surface area contributed by atoms with Gasteiger partial charge in [0.1, 0.15) is 12.4 Å². The van der Waals surface area contributed by atoms with Crippen LogP contribution in [0.4, 0.5) is 4.79 Å². The van der Waals surface area contributed by atoms with Crippen molar-refractivity contribution in [1.82, 2.24) is 9.88 Å². The lowest BCUT2D eigenvalue weighted by Gasteiger charge is -2.16. The molecule has 0 bridgehead atoms. The van der Waals surface area contributed by atoms with Gasteiger partial charge in [-0.1, -0.05) is 12.1 Å². The van der Waals surface area contributed by atoms with E-state index in [1.54, 1.807) is 4.90 Å². The van der Waals surface area contributed by atoms with Gasteiger partial charge in [-0.05, 0) is 32.9 Å². The van der Waals surface area contributed by atoms with Gasteiger partial charge < -0.3 is 19.4 Å². The van der Waals surface area contributed by atoms with E-state index < -0.39 is 0 Å². The molecule has 0 radical (unpaired) electrons.